The highest BCUT2D eigenvalue weighted by Gasteiger charge is 2.32. The predicted molar refractivity (Wildman–Crippen MR) is 61.0 cm³/mol. The normalized spacial score (nSPS) is 13.4. The van der Waals surface area contributed by atoms with Gasteiger partial charge < -0.3 is 0 Å². The number of rotatable bonds is 0. The SMILES string of the molecule is c1cc[n+]2c(c1)-c1nn3ccccc3[n+]1CC2. The number of hydrogen-bond acceptors (Lipinski definition) is 1. The van der Waals surface area contributed by atoms with Gasteiger partial charge in [0.2, 0.25) is 0 Å². The molecule has 3 aromatic heterocycles. The monoisotopic (exact) mass is 224 g/mol. The van der Waals surface area contributed by atoms with Gasteiger partial charge >= 0.3 is 5.82 Å². The minimum atomic E-state index is 0.977. The van der Waals surface area contributed by atoms with Gasteiger partial charge in [-0.05, 0) is 12.1 Å². The fraction of sp³-hybridized carbons (Fsp3) is 0.154. The van der Waals surface area contributed by atoms with Crippen molar-refractivity contribution in [2.45, 2.75) is 13.1 Å². The minimum Gasteiger partial charge on any atom is -0.212 e. The molecule has 0 unspecified atom stereocenters. The molecule has 0 aliphatic carbocycles. The molecule has 0 saturated heterocycles. The van der Waals surface area contributed by atoms with Crippen molar-refractivity contribution in [2.24, 2.45) is 0 Å². The number of aryl methyl sites for hydroxylation is 2. The van der Waals surface area contributed by atoms with Crippen molar-refractivity contribution in [3.8, 4) is 11.5 Å². The van der Waals surface area contributed by atoms with Crippen LogP contribution >= 0.6 is 0 Å². The van der Waals surface area contributed by atoms with E-state index < -0.39 is 0 Å². The van der Waals surface area contributed by atoms with Gasteiger partial charge in [-0.15, -0.1) is 0 Å². The zero-order chi connectivity index (χ0) is 11.2. The summed E-state index contributed by atoms with van der Waals surface area (Å²) < 4.78 is 6.47. The molecule has 0 N–H and O–H groups in total. The molecule has 0 amide bonds. The molecular weight excluding hydrogens is 212 g/mol. The Kier molecular flexibility index (Phi) is 1.63. The minimum absolute atomic E-state index is 0.977. The highest BCUT2D eigenvalue weighted by molar-refractivity contribution is 5.44. The Morgan fingerprint density at radius 2 is 2.00 bits per heavy atom. The maximum absolute atomic E-state index is 4.65. The van der Waals surface area contributed by atoms with Gasteiger partial charge in [-0.25, -0.2) is 4.57 Å². The molecule has 0 atom stereocenters. The Morgan fingerprint density at radius 1 is 1.06 bits per heavy atom. The Labute approximate surface area is 98.4 Å². The van der Waals surface area contributed by atoms with Gasteiger partial charge in [-0.3, -0.25) is 0 Å². The van der Waals surface area contributed by atoms with Crippen molar-refractivity contribution >= 4 is 5.65 Å². The van der Waals surface area contributed by atoms with E-state index in [-0.39, 0.29) is 0 Å². The summed E-state index contributed by atoms with van der Waals surface area (Å²) >= 11 is 0. The van der Waals surface area contributed by atoms with Crippen molar-refractivity contribution in [3.63, 3.8) is 0 Å². The second-order valence-electron chi connectivity index (χ2n) is 4.26. The van der Waals surface area contributed by atoms with E-state index in [1.54, 1.807) is 0 Å². The van der Waals surface area contributed by atoms with Gasteiger partial charge in [0, 0.05) is 18.2 Å². The van der Waals surface area contributed by atoms with E-state index in [9.17, 15) is 0 Å². The van der Waals surface area contributed by atoms with Crippen molar-refractivity contribution in [2.75, 3.05) is 0 Å². The average molecular weight is 224 g/mol. The van der Waals surface area contributed by atoms with Crippen LogP contribution < -0.4 is 9.13 Å². The molecule has 4 heterocycles. The highest BCUT2D eigenvalue weighted by atomic mass is 15.4. The Hall–Kier alpha value is -2.23. The second kappa shape index (κ2) is 3.13. The second-order valence-corrected chi connectivity index (χ2v) is 4.26. The van der Waals surface area contributed by atoms with Crippen molar-refractivity contribution in [1.29, 1.82) is 0 Å². The zero-order valence-electron chi connectivity index (χ0n) is 9.32. The summed E-state index contributed by atoms with van der Waals surface area (Å²) in [6.07, 6.45) is 4.11. The van der Waals surface area contributed by atoms with E-state index in [2.05, 4.69) is 50.8 Å². The van der Waals surface area contributed by atoms with Crippen molar-refractivity contribution in [3.05, 3.63) is 48.8 Å². The third-order valence-corrected chi connectivity index (χ3v) is 3.29. The molecule has 0 spiro atoms. The lowest BCUT2D eigenvalue weighted by Gasteiger charge is -2.06. The molecule has 1 aliphatic heterocycles. The first-order valence-electron chi connectivity index (χ1n) is 5.79. The summed E-state index contributed by atoms with van der Waals surface area (Å²) in [6, 6.07) is 12.4. The van der Waals surface area contributed by atoms with Gasteiger partial charge in [-0.2, -0.15) is 4.57 Å². The van der Waals surface area contributed by atoms with Crippen LogP contribution in [0.4, 0.5) is 0 Å². The van der Waals surface area contributed by atoms with E-state index in [1.807, 2.05) is 16.8 Å². The molecule has 4 heteroatoms. The van der Waals surface area contributed by atoms with Crippen LogP contribution in [0.1, 0.15) is 0 Å². The molecule has 3 aromatic rings. The topological polar surface area (TPSA) is 25.1 Å². The Morgan fingerprint density at radius 3 is 3.00 bits per heavy atom. The first kappa shape index (κ1) is 8.87. The quantitative estimate of drug-likeness (QED) is 0.513. The fourth-order valence-electron chi connectivity index (χ4n) is 2.48. The third kappa shape index (κ3) is 1.15. The largest absolute Gasteiger partial charge is 0.374 e. The van der Waals surface area contributed by atoms with E-state index >= 15 is 0 Å². The van der Waals surface area contributed by atoms with Gasteiger partial charge in [0.15, 0.2) is 12.7 Å². The molecule has 4 nitrogen and oxygen atoms in total. The lowest BCUT2D eigenvalue weighted by molar-refractivity contribution is -0.784. The van der Waals surface area contributed by atoms with Crippen molar-refractivity contribution in [1.82, 2.24) is 9.61 Å². The molecule has 0 aromatic carbocycles. The molecule has 17 heavy (non-hydrogen) atoms. The summed E-state index contributed by atoms with van der Waals surface area (Å²) in [7, 11) is 0. The lowest BCUT2D eigenvalue weighted by atomic mass is 10.2. The van der Waals surface area contributed by atoms with Gasteiger partial charge in [-0.1, -0.05) is 10.6 Å². The van der Waals surface area contributed by atoms with Gasteiger partial charge in [0.1, 0.15) is 12.7 Å². The van der Waals surface area contributed by atoms with Crippen LogP contribution in [0.2, 0.25) is 0 Å². The summed E-state index contributed by atoms with van der Waals surface area (Å²) in [5.74, 6) is 1.04. The van der Waals surface area contributed by atoms with Crippen LogP contribution in [0, 0.1) is 0 Å². The number of aromatic nitrogens is 4. The first-order valence-corrected chi connectivity index (χ1v) is 5.79. The van der Waals surface area contributed by atoms with E-state index in [0.29, 0.717) is 0 Å². The van der Waals surface area contributed by atoms with Gasteiger partial charge in [0.25, 0.3) is 11.3 Å². The highest BCUT2D eigenvalue weighted by Crippen LogP contribution is 2.12. The van der Waals surface area contributed by atoms with Crippen LogP contribution in [-0.4, -0.2) is 9.61 Å². The average Bonchev–Trinajstić information content (AvgIpc) is 2.78. The summed E-state index contributed by atoms with van der Waals surface area (Å²) in [6.45, 7) is 1.98. The number of nitrogens with zero attached hydrogens (tertiary/aromatic N) is 4. The van der Waals surface area contributed by atoms with Crippen LogP contribution in [-0.2, 0) is 13.1 Å². The molecule has 0 saturated carbocycles. The molecule has 1 aliphatic rings. The predicted octanol–water partition coefficient (Wildman–Crippen LogP) is 0.590. The van der Waals surface area contributed by atoms with Crippen LogP contribution in [0.3, 0.4) is 0 Å². The fourth-order valence-corrected chi connectivity index (χ4v) is 2.48. The number of hydrogen-bond donors (Lipinski definition) is 0. The maximum Gasteiger partial charge on any atom is 0.374 e. The van der Waals surface area contributed by atoms with Gasteiger partial charge in [0.05, 0.1) is 5.10 Å². The van der Waals surface area contributed by atoms with Crippen molar-refractivity contribution < 1.29 is 9.13 Å². The smallest absolute Gasteiger partial charge is 0.212 e. The molecular formula is C13H12N4+2. The standard InChI is InChI=1S/C13H12N4/c1-3-7-15-9-10-16-12-6-2-4-8-17(12)14-13(16)11(15)5-1/h1-8H,9-10H2/q+2. The maximum atomic E-state index is 4.65. The van der Waals surface area contributed by atoms with Crippen LogP contribution in [0.25, 0.3) is 17.2 Å². The van der Waals surface area contributed by atoms with Crippen LogP contribution in [0.5, 0.6) is 0 Å². The summed E-state index contributed by atoms with van der Waals surface area (Å²) in [5.41, 5.74) is 2.33. The zero-order valence-corrected chi connectivity index (χ0v) is 9.32. The number of pyridine rings is 2. The molecule has 82 valence electrons. The molecule has 0 radical (unpaired) electrons. The van der Waals surface area contributed by atoms with E-state index in [4.69, 9.17) is 0 Å². The molecule has 0 fully saturated rings. The summed E-state index contributed by atoms with van der Waals surface area (Å²) in [4.78, 5) is 0. The van der Waals surface area contributed by atoms with E-state index in [0.717, 1.165) is 24.6 Å². The lowest BCUT2D eigenvalue weighted by Crippen LogP contribution is -2.52. The summed E-state index contributed by atoms with van der Waals surface area (Å²) in [5, 5.41) is 4.65. The first-order chi connectivity index (χ1) is 8.43. The van der Waals surface area contributed by atoms with E-state index in [1.165, 1.54) is 5.69 Å². The Balaban J connectivity index is 2.10. The molecule has 0 bridgehead atoms. The Bertz CT molecular complexity index is 714. The van der Waals surface area contributed by atoms with Crippen LogP contribution in [0.15, 0.2) is 48.8 Å². The third-order valence-electron chi connectivity index (χ3n) is 3.29. The molecule has 4 rings (SSSR count). The number of fused-ring (bicyclic) bond motifs is 5.